The van der Waals surface area contributed by atoms with E-state index < -0.39 is 30.6 Å². The van der Waals surface area contributed by atoms with Gasteiger partial charge in [0, 0.05) is 5.56 Å². The Labute approximate surface area is 175 Å². The highest BCUT2D eigenvalue weighted by molar-refractivity contribution is 5.76. The molecule has 0 amide bonds. The van der Waals surface area contributed by atoms with Gasteiger partial charge in [-0.3, -0.25) is 0 Å². The normalized spacial score (nSPS) is 25.7. The molecule has 5 rings (SSSR count). The lowest BCUT2D eigenvalue weighted by Crippen LogP contribution is -2.50. The van der Waals surface area contributed by atoms with E-state index in [0.717, 1.165) is 16.7 Å². The van der Waals surface area contributed by atoms with Crippen LogP contribution in [0.5, 0.6) is 0 Å². The number of hydrogen-bond acceptors (Lipinski definition) is 5. The zero-order valence-corrected chi connectivity index (χ0v) is 16.3. The summed E-state index contributed by atoms with van der Waals surface area (Å²) in [6, 6.07) is 29.4. The van der Waals surface area contributed by atoms with E-state index in [1.807, 2.05) is 91.0 Å². The molecule has 2 saturated heterocycles. The zero-order chi connectivity index (χ0) is 20.3. The topological polar surface area (TPSA) is 54.0 Å². The third-order valence-corrected chi connectivity index (χ3v) is 5.43. The van der Waals surface area contributed by atoms with Crippen LogP contribution in [0.3, 0.4) is 0 Å². The van der Waals surface area contributed by atoms with Crippen molar-refractivity contribution in [2.45, 2.75) is 30.7 Å². The van der Waals surface area contributed by atoms with Gasteiger partial charge in [-0.05, 0) is 11.1 Å². The van der Waals surface area contributed by atoms with Gasteiger partial charge in [0.15, 0.2) is 12.4 Å². The largest absolute Gasteiger partial charge is 0.461 e. The fourth-order valence-corrected chi connectivity index (χ4v) is 3.93. The molecule has 2 aliphatic heterocycles. The van der Waals surface area contributed by atoms with Crippen molar-refractivity contribution in [1.29, 1.82) is 0 Å². The monoisotopic (exact) mass is 402 g/mol. The highest BCUT2D eigenvalue weighted by atomic mass is 16.8. The van der Waals surface area contributed by atoms with E-state index in [-0.39, 0.29) is 12.7 Å². The van der Waals surface area contributed by atoms with Crippen molar-refractivity contribution in [2.75, 3.05) is 6.61 Å². The highest BCUT2D eigenvalue weighted by Gasteiger charge is 2.50. The number of cyclic esters (lactones) is 1. The number of fused-ring (bicyclic) bond motifs is 1. The minimum Gasteiger partial charge on any atom is -0.461 e. The van der Waals surface area contributed by atoms with Crippen molar-refractivity contribution in [1.82, 2.24) is 0 Å². The van der Waals surface area contributed by atoms with Crippen LogP contribution >= 0.6 is 0 Å². The molecular formula is C25H22O5. The Bertz CT molecular complexity index is 937. The van der Waals surface area contributed by atoms with Gasteiger partial charge in [0.2, 0.25) is 0 Å². The Morgan fingerprint density at radius 1 is 0.767 bits per heavy atom. The van der Waals surface area contributed by atoms with Crippen molar-refractivity contribution in [3.05, 3.63) is 108 Å². The van der Waals surface area contributed by atoms with E-state index in [2.05, 4.69) is 0 Å². The molecule has 2 aliphatic rings. The predicted molar refractivity (Wildman–Crippen MR) is 109 cm³/mol. The Kier molecular flexibility index (Phi) is 5.32. The standard InChI is InChI=1S/C25H22O5/c26-24-23(22-20(16-27-24)28-25(30-22)19-14-8-3-9-15-19)29-21(17-10-4-1-5-11-17)18-12-6-2-7-13-18/h1-15,20-23,25H,16H2/t20-,22-,23-,25-/m1/s1. The summed E-state index contributed by atoms with van der Waals surface area (Å²) in [6.45, 7) is 0.161. The number of carbonyl (C=O) groups is 1. The molecule has 3 aromatic rings. The molecule has 2 heterocycles. The summed E-state index contributed by atoms with van der Waals surface area (Å²) < 4.78 is 24.0. The summed E-state index contributed by atoms with van der Waals surface area (Å²) in [5, 5.41) is 0. The van der Waals surface area contributed by atoms with E-state index in [1.165, 1.54) is 0 Å². The lowest BCUT2D eigenvalue weighted by atomic mass is 10.00. The molecule has 4 atom stereocenters. The second-order valence-corrected chi connectivity index (χ2v) is 7.41. The molecule has 0 unspecified atom stereocenters. The van der Waals surface area contributed by atoms with Crippen molar-refractivity contribution < 1.29 is 23.7 Å². The van der Waals surface area contributed by atoms with Crippen LogP contribution in [0.1, 0.15) is 29.1 Å². The summed E-state index contributed by atoms with van der Waals surface area (Å²) >= 11 is 0. The third kappa shape index (κ3) is 3.75. The average molecular weight is 402 g/mol. The van der Waals surface area contributed by atoms with Crippen molar-refractivity contribution in [3.63, 3.8) is 0 Å². The summed E-state index contributed by atoms with van der Waals surface area (Å²) in [6.07, 6.45) is -2.77. The molecule has 0 radical (unpaired) electrons. The molecule has 0 N–H and O–H groups in total. The molecule has 5 nitrogen and oxygen atoms in total. The first-order valence-corrected chi connectivity index (χ1v) is 10.1. The predicted octanol–water partition coefficient (Wildman–Crippen LogP) is 4.20. The lowest BCUT2D eigenvalue weighted by molar-refractivity contribution is -0.184. The molecule has 0 bridgehead atoms. The third-order valence-electron chi connectivity index (χ3n) is 5.43. The van der Waals surface area contributed by atoms with E-state index in [0.29, 0.717) is 0 Å². The summed E-state index contributed by atoms with van der Waals surface area (Å²) in [4.78, 5) is 12.7. The number of rotatable bonds is 5. The maximum atomic E-state index is 12.7. The van der Waals surface area contributed by atoms with E-state index in [9.17, 15) is 4.79 Å². The van der Waals surface area contributed by atoms with Crippen LogP contribution in [-0.4, -0.2) is 30.9 Å². The minimum absolute atomic E-state index is 0.161. The molecule has 0 saturated carbocycles. The maximum absolute atomic E-state index is 12.7. The van der Waals surface area contributed by atoms with Crippen LogP contribution in [0.2, 0.25) is 0 Å². The maximum Gasteiger partial charge on any atom is 0.338 e. The number of hydrogen-bond donors (Lipinski definition) is 0. The van der Waals surface area contributed by atoms with Crippen LogP contribution in [0.4, 0.5) is 0 Å². The SMILES string of the molecule is O=C1OC[C@H]2O[C@@H](c3ccccc3)O[C@H]2[C@H]1OC(c1ccccc1)c1ccccc1. The molecular weight excluding hydrogens is 380 g/mol. The fourth-order valence-electron chi connectivity index (χ4n) is 3.93. The molecule has 5 heteroatoms. The van der Waals surface area contributed by atoms with Gasteiger partial charge in [-0.15, -0.1) is 0 Å². The molecule has 3 aromatic carbocycles. The smallest absolute Gasteiger partial charge is 0.338 e. The Balaban J connectivity index is 1.43. The van der Waals surface area contributed by atoms with Gasteiger partial charge in [0.25, 0.3) is 0 Å². The van der Waals surface area contributed by atoms with Gasteiger partial charge in [0.1, 0.15) is 24.9 Å². The van der Waals surface area contributed by atoms with Crippen LogP contribution in [-0.2, 0) is 23.7 Å². The lowest BCUT2D eigenvalue weighted by Gasteiger charge is -2.32. The number of benzene rings is 3. The van der Waals surface area contributed by atoms with E-state index >= 15 is 0 Å². The molecule has 30 heavy (non-hydrogen) atoms. The Morgan fingerprint density at radius 2 is 1.33 bits per heavy atom. The second-order valence-electron chi connectivity index (χ2n) is 7.41. The van der Waals surface area contributed by atoms with Gasteiger partial charge in [-0.2, -0.15) is 0 Å². The zero-order valence-electron chi connectivity index (χ0n) is 16.3. The first-order valence-electron chi connectivity index (χ1n) is 10.1. The quantitative estimate of drug-likeness (QED) is 0.599. The summed E-state index contributed by atoms with van der Waals surface area (Å²) in [5.74, 6) is -0.426. The van der Waals surface area contributed by atoms with Gasteiger partial charge in [0.05, 0.1) is 0 Å². The molecule has 152 valence electrons. The number of esters is 1. The molecule has 2 fully saturated rings. The second kappa shape index (κ2) is 8.40. The van der Waals surface area contributed by atoms with Gasteiger partial charge in [-0.25, -0.2) is 4.79 Å². The van der Waals surface area contributed by atoms with Crippen molar-refractivity contribution >= 4 is 5.97 Å². The molecule has 0 aromatic heterocycles. The number of ether oxygens (including phenoxy) is 4. The van der Waals surface area contributed by atoms with Crippen LogP contribution < -0.4 is 0 Å². The highest BCUT2D eigenvalue weighted by Crippen LogP contribution is 2.38. The number of carbonyl (C=O) groups excluding carboxylic acids is 1. The van der Waals surface area contributed by atoms with Crippen LogP contribution in [0.25, 0.3) is 0 Å². The summed E-state index contributed by atoms with van der Waals surface area (Å²) in [7, 11) is 0. The van der Waals surface area contributed by atoms with Crippen molar-refractivity contribution in [2.24, 2.45) is 0 Å². The first-order chi connectivity index (χ1) is 14.8. The van der Waals surface area contributed by atoms with Gasteiger partial charge >= 0.3 is 5.97 Å². The van der Waals surface area contributed by atoms with Gasteiger partial charge in [-0.1, -0.05) is 91.0 Å². The summed E-state index contributed by atoms with van der Waals surface area (Å²) in [5.41, 5.74) is 2.81. The van der Waals surface area contributed by atoms with Gasteiger partial charge < -0.3 is 18.9 Å². The molecule has 0 aliphatic carbocycles. The average Bonchev–Trinajstić information content (AvgIpc) is 3.25. The Morgan fingerprint density at radius 3 is 1.93 bits per heavy atom. The first kappa shape index (κ1) is 19.0. The molecule has 0 spiro atoms. The van der Waals surface area contributed by atoms with Crippen LogP contribution in [0, 0.1) is 0 Å². The van der Waals surface area contributed by atoms with Crippen molar-refractivity contribution in [3.8, 4) is 0 Å². The van der Waals surface area contributed by atoms with Crippen LogP contribution in [0.15, 0.2) is 91.0 Å². The van der Waals surface area contributed by atoms with E-state index in [4.69, 9.17) is 18.9 Å². The minimum atomic E-state index is -0.886. The Hall–Kier alpha value is -2.99. The van der Waals surface area contributed by atoms with E-state index in [1.54, 1.807) is 0 Å². The fraction of sp³-hybridized carbons (Fsp3) is 0.240.